The molecule has 1 amide bonds. The van der Waals surface area contributed by atoms with Gasteiger partial charge in [-0.1, -0.05) is 17.8 Å². The van der Waals surface area contributed by atoms with E-state index < -0.39 is 0 Å². The number of imidazole rings is 1. The number of nitrogens with one attached hydrogen (secondary N) is 1. The molecule has 0 unspecified atom stereocenters. The summed E-state index contributed by atoms with van der Waals surface area (Å²) in [6.07, 6.45) is 5.19. The average molecular weight is 428 g/mol. The number of thioether (sulfide) groups is 1. The highest BCUT2D eigenvalue weighted by atomic mass is 32.2. The van der Waals surface area contributed by atoms with E-state index in [0.717, 1.165) is 24.5 Å². The lowest BCUT2D eigenvalue weighted by Gasteiger charge is -2.27. The minimum atomic E-state index is -0.330. The van der Waals surface area contributed by atoms with E-state index in [0.29, 0.717) is 36.3 Å². The van der Waals surface area contributed by atoms with Crippen LogP contribution in [-0.4, -0.2) is 53.0 Å². The number of carbonyl (C=O) groups is 1. The molecule has 1 fully saturated rings. The Labute approximate surface area is 178 Å². The van der Waals surface area contributed by atoms with Crippen molar-refractivity contribution in [1.29, 1.82) is 0 Å². The average Bonchev–Trinajstić information content (AvgIpc) is 3.23. The second-order valence-corrected chi connectivity index (χ2v) is 7.52. The van der Waals surface area contributed by atoms with Crippen LogP contribution >= 0.6 is 11.8 Å². The molecule has 0 atom stereocenters. The monoisotopic (exact) mass is 427 g/mol. The summed E-state index contributed by atoms with van der Waals surface area (Å²) in [5.74, 6) is 0.320. The molecule has 3 heterocycles. The van der Waals surface area contributed by atoms with Crippen LogP contribution < -0.4 is 10.2 Å². The summed E-state index contributed by atoms with van der Waals surface area (Å²) in [5.41, 5.74) is 1.97. The number of rotatable bonds is 6. The van der Waals surface area contributed by atoms with Crippen molar-refractivity contribution in [2.45, 2.75) is 11.7 Å². The van der Waals surface area contributed by atoms with Gasteiger partial charge in [0.1, 0.15) is 17.3 Å². The van der Waals surface area contributed by atoms with E-state index in [-0.39, 0.29) is 11.7 Å². The predicted molar refractivity (Wildman–Crippen MR) is 114 cm³/mol. The van der Waals surface area contributed by atoms with Crippen LogP contribution in [0.5, 0.6) is 0 Å². The molecule has 4 rings (SSSR count). The van der Waals surface area contributed by atoms with Gasteiger partial charge < -0.3 is 15.0 Å². The second-order valence-electron chi connectivity index (χ2n) is 6.75. The van der Waals surface area contributed by atoms with Gasteiger partial charge in [-0.15, -0.1) is 0 Å². The van der Waals surface area contributed by atoms with Gasteiger partial charge in [-0.2, -0.15) is 0 Å². The van der Waals surface area contributed by atoms with Crippen molar-refractivity contribution in [2.24, 2.45) is 0 Å². The van der Waals surface area contributed by atoms with Gasteiger partial charge in [-0.05, 0) is 42.2 Å². The number of hydrogen-bond donors (Lipinski definition) is 1. The third-order valence-corrected chi connectivity index (χ3v) is 5.48. The Bertz CT molecular complexity index is 1000. The zero-order valence-electron chi connectivity index (χ0n) is 16.5. The van der Waals surface area contributed by atoms with Crippen LogP contribution in [-0.2, 0) is 11.3 Å². The second kappa shape index (κ2) is 9.27. The first-order chi connectivity index (χ1) is 14.7. The Morgan fingerprint density at radius 1 is 1.13 bits per heavy atom. The molecule has 30 heavy (non-hydrogen) atoms. The lowest BCUT2D eigenvalue weighted by atomic mass is 10.2. The van der Waals surface area contributed by atoms with E-state index in [1.807, 2.05) is 18.4 Å². The van der Waals surface area contributed by atoms with E-state index in [1.54, 1.807) is 22.9 Å². The smallest absolute Gasteiger partial charge is 0.270 e. The first-order valence-electron chi connectivity index (χ1n) is 9.59. The van der Waals surface area contributed by atoms with Gasteiger partial charge in [0.15, 0.2) is 5.16 Å². The summed E-state index contributed by atoms with van der Waals surface area (Å²) in [6.45, 7) is 3.42. The van der Waals surface area contributed by atoms with E-state index in [1.165, 1.54) is 30.1 Å². The fourth-order valence-corrected chi connectivity index (χ4v) is 3.80. The number of nitrogens with zero attached hydrogens (tertiary/aromatic N) is 4. The molecule has 0 spiro atoms. The van der Waals surface area contributed by atoms with Crippen LogP contribution in [0.3, 0.4) is 0 Å². The zero-order valence-corrected chi connectivity index (χ0v) is 17.4. The van der Waals surface area contributed by atoms with E-state index >= 15 is 0 Å². The minimum absolute atomic E-state index is 0.260. The van der Waals surface area contributed by atoms with Gasteiger partial charge in [0.05, 0.1) is 19.4 Å². The molecule has 156 valence electrons. The normalized spacial score (nSPS) is 14.0. The third kappa shape index (κ3) is 4.47. The van der Waals surface area contributed by atoms with Crippen molar-refractivity contribution >= 4 is 23.5 Å². The van der Waals surface area contributed by atoms with E-state index in [4.69, 9.17) is 4.74 Å². The summed E-state index contributed by atoms with van der Waals surface area (Å²) in [7, 11) is 0. The van der Waals surface area contributed by atoms with Gasteiger partial charge in [-0.3, -0.25) is 9.36 Å². The standard InChI is InChI=1S/C21H22FN5O2S/c1-30-21-25-14-18(27(21)17-5-3-16(22)4-6-17)20(28)24-13-15-2-7-19(23-12-15)26-8-10-29-11-9-26/h2-7,12,14H,8-11,13H2,1H3,(H,24,28). The van der Waals surface area contributed by atoms with Crippen LogP contribution in [0.15, 0.2) is 53.9 Å². The Kier molecular flexibility index (Phi) is 6.29. The Hall–Kier alpha value is -2.91. The molecule has 0 radical (unpaired) electrons. The third-order valence-electron chi connectivity index (χ3n) is 4.83. The van der Waals surface area contributed by atoms with Crippen molar-refractivity contribution in [3.63, 3.8) is 0 Å². The lowest BCUT2D eigenvalue weighted by Crippen LogP contribution is -2.36. The summed E-state index contributed by atoms with van der Waals surface area (Å²) >= 11 is 1.42. The summed E-state index contributed by atoms with van der Waals surface area (Å²) in [4.78, 5) is 23.8. The van der Waals surface area contributed by atoms with E-state index in [9.17, 15) is 9.18 Å². The fourth-order valence-electron chi connectivity index (χ4n) is 3.25. The van der Waals surface area contributed by atoms with Crippen molar-refractivity contribution in [3.8, 4) is 5.69 Å². The Morgan fingerprint density at radius 2 is 1.90 bits per heavy atom. The molecule has 1 N–H and O–H groups in total. The number of carbonyl (C=O) groups excluding carboxylic acids is 1. The highest BCUT2D eigenvalue weighted by Crippen LogP contribution is 2.22. The van der Waals surface area contributed by atoms with Gasteiger partial charge in [0, 0.05) is 31.5 Å². The molecule has 1 aromatic carbocycles. The molecule has 7 nitrogen and oxygen atoms in total. The molecule has 0 aliphatic carbocycles. The van der Waals surface area contributed by atoms with Crippen molar-refractivity contribution in [1.82, 2.24) is 19.9 Å². The number of anilines is 1. The van der Waals surface area contributed by atoms with Crippen molar-refractivity contribution in [3.05, 3.63) is 65.9 Å². The Balaban J connectivity index is 1.45. The van der Waals surface area contributed by atoms with Crippen LogP contribution in [0.2, 0.25) is 0 Å². The van der Waals surface area contributed by atoms with Crippen molar-refractivity contribution < 1.29 is 13.9 Å². The number of amides is 1. The minimum Gasteiger partial charge on any atom is -0.378 e. The molecular formula is C21H22FN5O2S. The quantitative estimate of drug-likeness (QED) is 0.610. The molecule has 0 saturated carbocycles. The number of hydrogen-bond acceptors (Lipinski definition) is 6. The molecular weight excluding hydrogens is 405 g/mol. The van der Waals surface area contributed by atoms with Gasteiger partial charge in [0.2, 0.25) is 0 Å². The predicted octanol–water partition coefficient (Wildman–Crippen LogP) is 2.89. The number of pyridine rings is 1. The highest BCUT2D eigenvalue weighted by molar-refractivity contribution is 7.98. The van der Waals surface area contributed by atoms with Crippen molar-refractivity contribution in [2.75, 3.05) is 37.5 Å². The molecule has 1 aliphatic heterocycles. The Morgan fingerprint density at radius 3 is 2.57 bits per heavy atom. The lowest BCUT2D eigenvalue weighted by molar-refractivity contribution is 0.0943. The number of halogens is 1. The van der Waals surface area contributed by atoms with E-state index in [2.05, 4.69) is 20.2 Å². The number of benzene rings is 1. The number of aromatic nitrogens is 3. The first kappa shape index (κ1) is 20.4. The molecule has 9 heteroatoms. The highest BCUT2D eigenvalue weighted by Gasteiger charge is 2.18. The fraction of sp³-hybridized carbons (Fsp3) is 0.286. The molecule has 1 saturated heterocycles. The molecule has 0 bridgehead atoms. The SMILES string of the molecule is CSc1ncc(C(=O)NCc2ccc(N3CCOCC3)nc2)n1-c1ccc(F)cc1. The van der Waals surface area contributed by atoms with Gasteiger partial charge in [0.25, 0.3) is 5.91 Å². The topological polar surface area (TPSA) is 72.3 Å². The van der Waals surface area contributed by atoms with Gasteiger partial charge in [-0.25, -0.2) is 14.4 Å². The summed E-state index contributed by atoms with van der Waals surface area (Å²) < 4.78 is 20.4. The molecule has 1 aliphatic rings. The van der Waals surface area contributed by atoms with Crippen LogP contribution in [0.4, 0.5) is 10.2 Å². The largest absolute Gasteiger partial charge is 0.378 e. The number of ether oxygens (including phenoxy) is 1. The van der Waals surface area contributed by atoms with Crippen LogP contribution in [0.25, 0.3) is 5.69 Å². The molecule has 2 aromatic heterocycles. The zero-order chi connectivity index (χ0) is 20.9. The maximum atomic E-state index is 13.3. The number of morpholine rings is 1. The molecule has 3 aromatic rings. The summed E-state index contributed by atoms with van der Waals surface area (Å²) in [6, 6.07) is 9.90. The maximum Gasteiger partial charge on any atom is 0.270 e. The van der Waals surface area contributed by atoms with Crippen LogP contribution in [0, 0.1) is 5.82 Å². The summed E-state index contributed by atoms with van der Waals surface area (Å²) in [5, 5.41) is 3.57. The van der Waals surface area contributed by atoms with Crippen LogP contribution in [0.1, 0.15) is 16.1 Å². The van der Waals surface area contributed by atoms with Gasteiger partial charge >= 0.3 is 0 Å². The maximum absolute atomic E-state index is 13.3. The first-order valence-corrected chi connectivity index (χ1v) is 10.8.